The molecule has 4 aromatic rings. The number of ether oxygens (including phenoxy) is 1. The van der Waals surface area contributed by atoms with Gasteiger partial charge in [0.15, 0.2) is 5.65 Å². The number of carbonyl (C=O) groups is 1. The molecule has 0 aliphatic heterocycles. The minimum absolute atomic E-state index is 0.139. The van der Waals surface area contributed by atoms with E-state index in [1.165, 1.54) is 23.9 Å². The Kier molecular flexibility index (Phi) is 5.39. The highest BCUT2D eigenvalue weighted by Crippen LogP contribution is 2.22. The number of halogens is 1. The van der Waals surface area contributed by atoms with Crippen LogP contribution in [0.2, 0.25) is 0 Å². The van der Waals surface area contributed by atoms with E-state index in [9.17, 15) is 9.18 Å². The van der Waals surface area contributed by atoms with Gasteiger partial charge < -0.3 is 10.1 Å². The quantitative estimate of drug-likeness (QED) is 0.490. The second-order valence-corrected chi connectivity index (χ2v) is 6.99. The zero-order valence-corrected chi connectivity index (χ0v) is 16.2. The van der Waals surface area contributed by atoms with Crippen molar-refractivity contribution in [2.75, 3.05) is 18.2 Å². The first-order valence-electron chi connectivity index (χ1n) is 8.67. The molecule has 146 valence electrons. The van der Waals surface area contributed by atoms with E-state index < -0.39 is 0 Å². The van der Waals surface area contributed by atoms with Gasteiger partial charge in [-0.15, -0.1) is 10.2 Å². The van der Waals surface area contributed by atoms with Crippen LogP contribution in [0.5, 0.6) is 5.75 Å². The number of fused-ring (bicyclic) bond motifs is 1. The highest BCUT2D eigenvalue weighted by Gasteiger charge is 2.12. The van der Waals surface area contributed by atoms with Crippen molar-refractivity contribution < 1.29 is 13.9 Å². The van der Waals surface area contributed by atoms with E-state index in [2.05, 4.69) is 20.6 Å². The molecule has 0 unspecified atom stereocenters. The summed E-state index contributed by atoms with van der Waals surface area (Å²) in [7, 11) is 1.57. The molecule has 0 saturated carbocycles. The van der Waals surface area contributed by atoms with Gasteiger partial charge in [0.25, 0.3) is 0 Å². The molecule has 0 spiro atoms. The van der Waals surface area contributed by atoms with Crippen LogP contribution < -0.4 is 10.1 Å². The van der Waals surface area contributed by atoms with Crippen molar-refractivity contribution in [2.45, 2.75) is 5.16 Å². The number of benzene rings is 2. The van der Waals surface area contributed by atoms with Gasteiger partial charge in [0.2, 0.25) is 11.1 Å². The molecule has 0 fully saturated rings. The van der Waals surface area contributed by atoms with Gasteiger partial charge in [-0.05, 0) is 48.5 Å². The first-order chi connectivity index (χ1) is 14.1. The van der Waals surface area contributed by atoms with Crippen molar-refractivity contribution in [1.82, 2.24) is 19.8 Å². The molecule has 0 atom stereocenters. The molecule has 0 aliphatic rings. The Balaban J connectivity index is 1.48. The number of carbonyl (C=O) groups excluding carboxylic acids is 1. The fraction of sp³-hybridized carbons (Fsp3) is 0.100. The van der Waals surface area contributed by atoms with Crippen LogP contribution in [0.15, 0.2) is 65.8 Å². The van der Waals surface area contributed by atoms with E-state index >= 15 is 0 Å². The fourth-order valence-electron chi connectivity index (χ4n) is 2.66. The maximum Gasteiger partial charge on any atom is 0.234 e. The third-order valence-corrected chi connectivity index (χ3v) is 4.98. The number of hydrogen-bond donors (Lipinski definition) is 1. The van der Waals surface area contributed by atoms with Crippen molar-refractivity contribution in [2.24, 2.45) is 0 Å². The van der Waals surface area contributed by atoms with E-state index in [0.29, 0.717) is 27.9 Å². The molecule has 0 radical (unpaired) electrons. The third-order valence-electron chi connectivity index (χ3n) is 4.06. The minimum Gasteiger partial charge on any atom is -0.497 e. The first kappa shape index (κ1) is 18.9. The van der Waals surface area contributed by atoms with Crippen molar-refractivity contribution in [3.05, 3.63) is 66.5 Å². The van der Waals surface area contributed by atoms with Gasteiger partial charge in [0.1, 0.15) is 11.6 Å². The highest BCUT2D eigenvalue weighted by atomic mass is 32.2. The van der Waals surface area contributed by atoms with Gasteiger partial charge in [0.05, 0.1) is 18.6 Å². The van der Waals surface area contributed by atoms with Crippen LogP contribution in [0.4, 0.5) is 10.1 Å². The predicted molar refractivity (Wildman–Crippen MR) is 109 cm³/mol. The van der Waals surface area contributed by atoms with Crippen LogP contribution in [0.25, 0.3) is 16.9 Å². The fourth-order valence-corrected chi connectivity index (χ4v) is 3.35. The molecule has 1 N–H and O–H groups in total. The average Bonchev–Trinajstić information content (AvgIpc) is 3.15. The van der Waals surface area contributed by atoms with Gasteiger partial charge in [-0.3, -0.25) is 4.79 Å². The second kappa shape index (κ2) is 8.27. The lowest BCUT2D eigenvalue weighted by Crippen LogP contribution is -2.14. The molecule has 2 aromatic carbocycles. The van der Waals surface area contributed by atoms with E-state index in [-0.39, 0.29) is 17.5 Å². The van der Waals surface area contributed by atoms with Crippen molar-refractivity contribution in [1.29, 1.82) is 0 Å². The van der Waals surface area contributed by atoms with Crippen LogP contribution >= 0.6 is 11.8 Å². The van der Waals surface area contributed by atoms with Crippen molar-refractivity contribution in [3.63, 3.8) is 0 Å². The van der Waals surface area contributed by atoms with Gasteiger partial charge in [-0.2, -0.15) is 9.61 Å². The molecule has 1 amide bonds. The highest BCUT2D eigenvalue weighted by molar-refractivity contribution is 7.99. The second-order valence-electron chi connectivity index (χ2n) is 6.05. The number of aromatic nitrogens is 4. The standard InChI is InChI=1S/C20H16FN5O2S/c1-28-16-4-2-3-15(11-16)22-19(27)12-29-20-24-23-18-10-9-17(25-26(18)20)13-5-7-14(21)8-6-13/h2-11H,12H2,1H3,(H,22,27). The molecular formula is C20H16FN5O2S. The third kappa shape index (κ3) is 4.35. The maximum atomic E-state index is 13.2. The lowest BCUT2D eigenvalue weighted by Gasteiger charge is -2.06. The SMILES string of the molecule is COc1cccc(NC(=O)CSc2nnc3ccc(-c4ccc(F)cc4)nn23)c1. The van der Waals surface area contributed by atoms with Crippen LogP contribution in [-0.4, -0.2) is 38.6 Å². The molecule has 2 heterocycles. The normalized spacial score (nSPS) is 10.8. The Morgan fingerprint density at radius 1 is 1.14 bits per heavy atom. The van der Waals surface area contributed by atoms with Crippen LogP contribution in [-0.2, 0) is 4.79 Å². The van der Waals surface area contributed by atoms with Gasteiger partial charge in [-0.1, -0.05) is 17.8 Å². The number of anilines is 1. The molecular weight excluding hydrogens is 393 g/mol. The van der Waals surface area contributed by atoms with Gasteiger partial charge in [0, 0.05) is 17.3 Å². The molecule has 0 saturated heterocycles. The average molecular weight is 409 g/mol. The molecule has 29 heavy (non-hydrogen) atoms. The Morgan fingerprint density at radius 3 is 2.76 bits per heavy atom. The van der Waals surface area contributed by atoms with E-state index in [1.54, 1.807) is 60.2 Å². The Morgan fingerprint density at radius 2 is 1.97 bits per heavy atom. The summed E-state index contributed by atoms with van der Waals surface area (Å²) < 4.78 is 19.9. The molecule has 2 aromatic heterocycles. The number of thioether (sulfide) groups is 1. The summed E-state index contributed by atoms with van der Waals surface area (Å²) in [5.74, 6) is 0.309. The van der Waals surface area contributed by atoms with Crippen LogP contribution in [0.1, 0.15) is 0 Å². The first-order valence-corrected chi connectivity index (χ1v) is 9.66. The Bertz CT molecular complexity index is 1160. The summed E-state index contributed by atoms with van der Waals surface area (Å²) in [6.45, 7) is 0. The maximum absolute atomic E-state index is 13.2. The summed E-state index contributed by atoms with van der Waals surface area (Å²) in [5, 5.41) is 16.0. The van der Waals surface area contributed by atoms with Crippen LogP contribution in [0, 0.1) is 5.82 Å². The summed E-state index contributed by atoms with van der Waals surface area (Å²) >= 11 is 1.22. The number of amides is 1. The zero-order chi connectivity index (χ0) is 20.2. The molecule has 0 aliphatic carbocycles. The lowest BCUT2D eigenvalue weighted by molar-refractivity contribution is -0.113. The van der Waals surface area contributed by atoms with E-state index in [4.69, 9.17) is 4.74 Å². The number of nitrogens with one attached hydrogen (secondary N) is 1. The zero-order valence-electron chi connectivity index (χ0n) is 15.4. The smallest absolute Gasteiger partial charge is 0.234 e. The molecule has 4 rings (SSSR count). The van der Waals surface area contributed by atoms with Crippen LogP contribution in [0.3, 0.4) is 0 Å². The number of rotatable bonds is 6. The summed E-state index contributed by atoms with van der Waals surface area (Å²) in [4.78, 5) is 12.3. The summed E-state index contributed by atoms with van der Waals surface area (Å²) in [6.07, 6.45) is 0. The predicted octanol–water partition coefficient (Wildman–Crippen LogP) is 3.67. The lowest BCUT2D eigenvalue weighted by atomic mass is 10.1. The van der Waals surface area contributed by atoms with E-state index in [0.717, 1.165) is 5.56 Å². The van der Waals surface area contributed by atoms with E-state index in [1.807, 2.05) is 0 Å². The molecule has 9 heteroatoms. The topological polar surface area (TPSA) is 81.4 Å². The number of hydrogen-bond acceptors (Lipinski definition) is 6. The molecule has 0 bridgehead atoms. The van der Waals surface area contributed by atoms with Gasteiger partial charge in [-0.25, -0.2) is 4.39 Å². The minimum atomic E-state index is -0.308. The Labute approximate surface area is 169 Å². The monoisotopic (exact) mass is 409 g/mol. The number of methoxy groups -OCH3 is 1. The number of nitrogens with zero attached hydrogens (tertiary/aromatic N) is 4. The van der Waals surface area contributed by atoms with Crippen molar-refractivity contribution in [3.8, 4) is 17.0 Å². The van der Waals surface area contributed by atoms with Gasteiger partial charge >= 0.3 is 0 Å². The molecule has 7 nitrogen and oxygen atoms in total. The van der Waals surface area contributed by atoms with Crippen molar-refractivity contribution >= 4 is 29.0 Å². The largest absolute Gasteiger partial charge is 0.497 e. The Hall–Kier alpha value is -3.46. The summed E-state index contributed by atoms with van der Waals surface area (Å²) in [6, 6.07) is 16.8. The summed E-state index contributed by atoms with van der Waals surface area (Å²) in [5.41, 5.74) is 2.64.